The van der Waals surface area contributed by atoms with E-state index in [-0.39, 0.29) is 12.6 Å². The predicted octanol–water partition coefficient (Wildman–Crippen LogP) is -0.661. The van der Waals surface area contributed by atoms with Gasteiger partial charge in [0.1, 0.15) is 6.23 Å². The fraction of sp³-hybridized carbons (Fsp3) is 0.667. The Kier molecular flexibility index (Phi) is 5.85. The summed E-state index contributed by atoms with van der Waals surface area (Å²) in [6, 6.07) is -0.0934. The van der Waals surface area contributed by atoms with E-state index in [0.29, 0.717) is 18.5 Å². The van der Waals surface area contributed by atoms with Crippen molar-refractivity contribution in [1.29, 1.82) is 0 Å². The minimum absolute atomic E-state index is 0.00393. The van der Waals surface area contributed by atoms with Gasteiger partial charge in [0.25, 0.3) is 5.56 Å². The van der Waals surface area contributed by atoms with Crippen LogP contribution in [-0.4, -0.2) is 44.6 Å². The lowest BCUT2D eigenvalue weighted by Gasteiger charge is -2.19. The van der Waals surface area contributed by atoms with Gasteiger partial charge in [-0.1, -0.05) is 6.92 Å². The second-order valence-corrected chi connectivity index (χ2v) is 5.82. The highest BCUT2D eigenvalue weighted by atomic mass is 31.2. The molecule has 0 spiro atoms. The van der Waals surface area contributed by atoms with E-state index in [1.165, 1.54) is 10.8 Å². The average molecular weight is 333 g/mol. The van der Waals surface area contributed by atoms with Gasteiger partial charge in [-0.2, -0.15) is 0 Å². The number of aryl methyl sites for hydroxylation is 1. The molecule has 0 aromatic carbocycles. The van der Waals surface area contributed by atoms with Crippen LogP contribution in [0.25, 0.3) is 0 Å². The van der Waals surface area contributed by atoms with Crippen molar-refractivity contribution in [3.05, 3.63) is 32.6 Å². The number of ether oxygens (including phenoxy) is 1. The van der Waals surface area contributed by atoms with Gasteiger partial charge < -0.3 is 24.4 Å². The van der Waals surface area contributed by atoms with Crippen LogP contribution in [0.1, 0.15) is 25.1 Å². The fourth-order valence-corrected chi connectivity index (χ4v) is 2.75. The lowest BCUT2D eigenvalue weighted by Crippen LogP contribution is -2.38. The second kappa shape index (κ2) is 7.45. The van der Waals surface area contributed by atoms with Gasteiger partial charge in [0.2, 0.25) is 0 Å². The van der Waals surface area contributed by atoms with Gasteiger partial charge in [-0.05, 0) is 13.5 Å². The minimum Gasteiger partial charge on any atom is -0.351 e. The van der Waals surface area contributed by atoms with Gasteiger partial charge >= 0.3 is 14.3 Å². The van der Waals surface area contributed by atoms with E-state index in [0.717, 1.165) is 0 Å². The third kappa shape index (κ3) is 4.01. The number of nitrogens with zero attached hydrogens (tertiary/aromatic N) is 1. The number of likely N-dealkylation sites (N-methyl/N-ethyl adjacent to an activating group) is 1. The van der Waals surface area contributed by atoms with Gasteiger partial charge in [-0.3, -0.25) is 14.3 Å². The van der Waals surface area contributed by atoms with Gasteiger partial charge in [-0.15, -0.1) is 0 Å². The predicted molar refractivity (Wildman–Crippen MR) is 79.4 cm³/mol. The van der Waals surface area contributed by atoms with E-state index in [1.54, 1.807) is 6.92 Å². The minimum atomic E-state index is -2.45. The van der Waals surface area contributed by atoms with Crippen molar-refractivity contribution in [3.8, 4) is 0 Å². The van der Waals surface area contributed by atoms with Crippen LogP contribution in [0, 0.1) is 6.92 Å². The molecule has 0 unspecified atom stereocenters. The Morgan fingerprint density at radius 2 is 2.27 bits per heavy atom. The fourth-order valence-electron chi connectivity index (χ4n) is 2.47. The van der Waals surface area contributed by atoms with Crippen LogP contribution < -0.4 is 16.6 Å². The number of nitrogens with one attached hydrogen (secondary N) is 2. The van der Waals surface area contributed by atoms with Crippen molar-refractivity contribution < 1.29 is 19.0 Å². The van der Waals surface area contributed by atoms with Gasteiger partial charge in [0.05, 0.1) is 12.7 Å². The molecule has 0 saturated carbocycles. The summed E-state index contributed by atoms with van der Waals surface area (Å²) in [5.74, 6) is 0. The first kappa shape index (κ1) is 17.3. The van der Waals surface area contributed by atoms with Crippen LogP contribution in [0.3, 0.4) is 0 Å². The first-order chi connectivity index (χ1) is 10.4. The van der Waals surface area contributed by atoms with Crippen LogP contribution in [-0.2, 0) is 9.26 Å². The van der Waals surface area contributed by atoms with Crippen LogP contribution in [0.15, 0.2) is 15.8 Å². The molecule has 1 aliphatic heterocycles. The molecule has 3 atom stereocenters. The number of hydrogen-bond acceptors (Lipinski definition) is 7. The SMILES string of the molecule is CCN[C@H]1C[C@H](n2cc(C)c(=O)[nH]c2=O)O[C@@H]1COP(O)O. The van der Waals surface area contributed by atoms with Crippen LogP contribution in [0.5, 0.6) is 0 Å². The van der Waals surface area contributed by atoms with E-state index in [2.05, 4.69) is 10.3 Å². The third-order valence-electron chi connectivity index (χ3n) is 3.51. The van der Waals surface area contributed by atoms with Crippen LogP contribution in [0.2, 0.25) is 0 Å². The Balaban J connectivity index is 2.18. The molecule has 1 aromatic rings. The molecule has 1 fully saturated rings. The molecular formula is C12H20N3O6P. The summed E-state index contributed by atoms with van der Waals surface area (Å²) in [5, 5.41) is 3.22. The first-order valence-electron chi connectivity index (χ1n) is 6.94. The second-order valence-electron chi connectivity index (χ2n) is 5.06. The normalized spacial score (nSPS) is 25.0. The standard InChI is InChI=1S/C12H20N3O6P/c1-3-13-8-4-10(21-9(8)6-20-22(18)19)15-5-7(2)11(16)14-12(15)17/h5,8-10,13,18-19H,3-4,6H2,1-2H3,(H,14,16,17)/t8-,9+,10+/m0/s1. The number of hydrogen-bond donors (Lipinski definition) is 4. The van der Waals surface area contributed by atoms with Crippen molar-refractivity contribution in [3.63, 3.8) is 0 Å². The Labute approximate surface area is 127 Å². The highest BCUT2D eigenvalue weighted by Gasteiger charge is 2.36. The van der Waals surface area contributed by atoms with E-state index >= 15 is 0 Å². The maximum Gasteiger partial charge on any atom is 0.330 e. The summed E-state index contributed by atoms with van der Waals surface area (Å²) in [4.78, 5) is 43.3. The molecule has 9 nitrogen and oxygen atoms in total. The molecule has 0 radical (unpaired) electrons. The van der Waals surface area contributed by atoms with Crippen molar-refractivity contribution in [2.24, 2.45) is 0 Å². The lowest BCUT2D eigenvalue weighted by molar-refractivity contribution is -0.0258. The van der Waals surface area contributed by atoms with Gasteiger partial charge in [0, 0.05) is 24.2 Å². The van der Waals surface area contributed by atoms with E-state index < -0.39 is 32.2 Å². The van der Waals surface area contributed by atoms with E-state index in [4.69, 9.17) is 19.0 Å². The maximum atomic E-state index is 11.9. The van der Waals surface area contributed by atoms with Gasteiger partial charge in [-0.25, -0.2) is 4.79 Å². The monoisotopic (exact) mass is 333 g/mol. The molecule has 10 heteroatoms. The van der Waals surface area contributed by atoms with E-state index in [1.807, 2.05) is 6.92 Å². The molecule has 2 heterocycles. The Bertz CT molecular complexity index is 616. The summed E-state index contributed by atoms with van der Waals surface area (Å²) in [6.07, 6.45) is 0.989. The number of aromatic amines is 1. The molecule has 0 amide bonds. The highest BCUT2D eigenvalue weighted by Crippen LogP contribution is 2.31. The van der Waals surface area contributed by atoms with Crippen molar-refractivity contribution in [2.75, 3.05) is 13.2 Å². The molecule has 22 heavy (non-hydrogen) atoms. The first-order valence-corrected chi connectivity index (χ1v) is 8.10. The molecule has 4 N–H and O–H groups in total. The zero-order valence-corrected chi connectivity index (χ0v) is 13.2. The topological polar surface area (TPSA) is 126 Å². The van der Waals surface area contributed by atoms with Crippen molar-refractivity contribution in [2.45, 2.75) is 38.6 Å². The Hall–Kier alpha value is -1.09. The molecule has 2 rings (SSSR count). The molecule has 0 bridgehead atoms. The zero-order valence-electron chi connectivity index (χ0n) is 12.4. The number of rotatable bonds is 6. The van der Waals surface area contributed by atoms with E-state index in [9.17, 15) is 9.59 Å². The van der Waals surface area contributed by atoms with Crippen molar-refractivity contribution >= 4 is 8.60 Å². The van der Waals surface area contributed by atoms with Gasteiger partial charge in [0.15, 0.2) is 0 Å². The molecule has 1 aliphatic rings. The summed E-state index contributed by atoms with van der Waals surface area (Å²) < 4.78 is 11.9. The lowest BCUT2D eigenvalue weighted by atomic mass is 10.1. The summed E-state index contributed by atoms with van der Waals surface area (Å²) in [7, 11) is -2.45. The molecule has 1 aromatic heterocycles. The molecule has 124 valence electrons. The Morgan fingerprint density at radius 3 is 2.91 bits per heavy atom. The van der Waals surface area contributed by atoms with Crippen LogP contribution >= 0.6 is 8.60 Å². The quantitative estimate of drug-likeness (QED) is 0.509. The highest BCUT2D eigenvalue weighted by molar-refractivity contribution is 7.39. The summed E-state index contributed by atoms with van der Waals surface area (Å²) >= 11 is 0. The third-order valence-corrected chi connectivity index (χ3v) is 3.89. The largest absolute Gasteiger partial charge is 0.351 e. The smallest absolute Gasteiger partial charge is 0.330 e. The average Bonchev–Trinajstić information content (AvgIpc) is 2.84. The van der Waals surface area contributed by atoms with Crippen LogP contribution in [0.4, 0.5) is 0 Å². The number of aromatic nitrogens is 2. The zero-order chi connectivity index (χ0) is 16.3. The molecule has 1 saturated heterocycles. The summed E-state index contributed by atoms with van der Waals surface area (Å²) in [6.45, 7) is 4.25. The maximum absolute atomic E-state index is 11.9. The molecule has 0 aliphatic carbocycles. The number of H-pyrrole nitrogens is 1. The summed E-state index contributed by atoms with van der Waals surface area (Å²) in [5.41, 5.74) is -0.547. The van der Waals surface area contributed by atoms with Crippen molar-refractivity contribution in [1.82, 2.24) is 14.9 Å². The Morgan fingerprint density at radius 1 is 1.55 bits per heavy atom. The molecular weight excluding hydrogens is 313 g/mol.